The topological polar surface area (TPSA) is 96.1 Å². The molecular weight excluding hydrogens is 234 g/mol. The van der Waals surface area contributed by atoms with Gasteiger partial charge in [-0.1, -0.05) is 12.1 Å². The minimum atomic E-state index is -4.94. The summed E-state index contributed by atoms with van der Waals surface area (Å²) in [5, 5.41) is 1.29. The van der Waals surface area contributed by atoms with E-state index >= 15 is 0 Å². The van der Waals surface area contributed by atoms with Gasteiger partial charge in [0.2, 0.25) is 5.52 Å². The smallest absolute Gasteiger partial charge is 0.212 e. The van der Waals surface area contributed by atoms with Gasteiger partial charge < -0.3 is 0 Å². The van der Waals surface area contributed by atoms with Crippen LogP contribution in [0.1, 0.15) is 0 Å². The minimum absolute atomic E-state index is 1.27. The van der Waals surface area contributed by atoms with Crippen LogP contribution in [-0.4, -0.2) is 0 Å². The summed E-state index contributed by atoms with van der Waals surface area (Å²) in [7, 11) is -2.89. The van der Waals surface area contributed by atoms with Crippen LogP contribution in [0.2, 0.25) is 0 Å². The molecule has 0 bridgehead atoms. The van der Waals surface area contributed by atoms with Crippen LogP contribution in [0.25, 0.3) is 10.9 Å². The van der Waals surface area contributed by atoms with Crippen LogP contribution in [0, 0.1) is 10.2 Å². The van der Waals surface area contributed by atoms with Crippen molar-refractivity contribution in [3.8, 4) is 0 Å². The van der Waals surface area contributed by atoms with E-state index in [1.165, 1.54) is 10.9 Å². The van der Waals surface area contributed by atoms with Crippen LogP contribution in [0.3, 0.4) is 0 Å². The molecule has 0 fully saturated rings. The quantitative estimate of drug-likeness (QED) is 0.458. The zero-order valence-electron chi connectivity index (χ0n) is 8.50. The normalized spacial score (nSPS) is 10.8. The maximum atomic E-state index is 8.49. The summed E-state index contributed by atoms with van der Waals surface area (Å²) in [5.74, 6) is 0. The second-order valence-corrected chi connectivity index (χ2v) is 3.81. The molecule has 2 rings (SSSR count). The molecule has 1 aromatic carbocycles. The fourth-order valence-electron chi connectivity index (χ4n) is 1.31. The summed E-state index contributed by atoms with van der Waals surface area (Å²) in [6.07, 6.45) is 2.06. The Morgan fingerprint density at radius 1 is 0.938 bits per heavy atom. The van der Waals surface area contributed by atoms with Crippen molar-refractivity contribution in [2.45, 2.75) is 0 Å². The molecule has 0 saturated carbocycles. The number of hydrogen-bond acceptors (Lipinski definition) is 4. The molecule has 0 atom stereocenters. The maximum Gasteiger partial charge on any atom is 0.212 e. The monoisotopic (exact) mass is 243 g/mol. The number of pyridine rings is 1. The van der Waals surface area contributed by atoms with Crippen molar-refractivity contribution in [2.75, 3.05) is 0 Å². The highest BCUT2D eigenvalue weighted by molar-refractivity contribution is 5.74. The van der Waals surface area contributed by atoms with Gasteiger partial charge in [0.05, 0.1) is 0 Å². The van der Waals surface area contributed by atoms with Gasteiger partial charge in [-0.3, -0.25) is 0 Å². The van der Waals surface area contributed by atoms with E-state index in [1.54, 1.807) is 0 Å². The van der Waals surface area contributed by atoms with E-state index in [0.29, 0.717) is 0 Å². The Bertz CT molecular complexity index is 458. The fraction of sp³-hybridized carbons (Fsp3) is 0.100. The highest BCUT2D eigenvalue weighted by atomic mass is 35.7. The molecule has 0 aliphatic heterocycles. The van der Waals surface area contributed by atoms with E-state index < -0.39 is 10.2 Å². The third kappa shape index (κ3) is 4.52. The summed E-state index contributed by atoms with van der Waals surface area (Å²) >= 11 is 0. The van der Waals surface area contributed by atoms with Gasteiger partial charge in [0.25, 0.3) is 0 Å². The molecule has 0 unspecified atom stereocenters. The first-order valence-corrected chi connectivity index (χ1v) is 5.56. The Hall–Kier alpha value is -1.24. The molecule has 86 valence electrons. The number of halogens is 1. The van der Waals surface area contributed by atoms with Gasteiger partial charge in [0, 0.05) is 17.5 Å². The molecule has 0 aliphatic carbocycles. The van der Waals surface area contributed by atoms with Crippen LogP contribution in [0.5, 0.6) is 0 Å². The first kappa shape index (κ1) is 12.8. The lowest BCUT2D eigenvalue weighted by Gasteiger charge is -2.17. The Morgan fingerprint density at radius 2 is 1.44 bits per heavy atom. The van der Waals surface area contributed by atoms with Crippen LogP contribution in [-0.2, 0) is 7.05 Å². The minimum Gasteiger partial charge on any atom is -0.222 e. The van der Waals surface area contributed by atoms with Crippen molar-refractivity contribution in [3.05, 3.63) is 42.6 Å². The SMILES string of the molecule is C[n+]1cccc2ccccc21.[O-][Cl+3]([O-])([O-])[O-]. The summed E-state index contributed by atoms with van der Waals surface area (Å²) in [4.78, 5) is 0. The van der Waals surface area contributed by atoms with Crippen LogP contribution < -0.4 is 23.2 Å². The van der Waals surface area contributed by atoms with Crippen molar-refractivity contribution in [3.63, 3.8) is 0 Å². The van der Waals surface area contributed by atoms with Gasteiger partial charge in [0.15, 0.2) is 6.20 Å². The van der Waals surface area contributed by atoms with E-state index in [0.717, 1.165) is 0 Å². The molecule has 0 spiro atoms. The second kappa shape index (κ2) is 5.20. The van der Waals surface area contributed by atoms with E-state index in [2.05, 4.69) is 54.2 Å². The lowest BCUT2D eigenvalue weighted by atomic mass is 10.2. The lowest BCUT2D eigenvalue weighted by Crippen LogP contribution is -2.68. The molecular formula is C10H10ClNO4. The number of para-hydroxylation sites is 1. The molecule has 6 heteroatoms. The van der Waals surface area contributed by atoms with Crippen molar-refractivity contribution >= 4 is 10.9 Å². The molecule has 1 heterocycles. The molecule has 2 aromatic rings. The van der Waals surface area contributed by atoms with Crippen LogP contribution >= 0.6 is 0 Å². The van der Waals surface area contributed by atoms with E-state index in [-0.39, 0.29) is 0 Å². The standard InChI is InChI=1S/C10H10N.ClHO4/c1-11-8-4-6-9-5-2-3-7-10(9)11;2-1(3,4)5/h2-8H,1H3;(H,2,3,4,5)/q+1;/p-1. The van der Waals surface area contributed by atoms with Gasteiger partial charge in [-0.15, -0.1) is 10.2 Å². The van der Waals surface area contributed by atoms with Gasteiger partial charge in [-0.2, -0.15) is 0 Å². The molecule has 16 heavy (non-hydrogen) atoms. The highest BCUT2D eigenvalue weighted by Crippen LogP contribution is 2.06. The molecule has 1 aromatic heterocycles. The third-order valence-corrected chi connectivity index (χ3v) is 1.90. The van der Waals surface area contributed by atoms with E-state index in [1.807, 2.05) is 0 Å². The fourth-order valence-corrected chi connectivity index (χ4v) is 1.31. The zero-order chi connectivity index (χ0) is 12.2. The number of aromatic nitrogens is 1. The molecule has 0 saturated heterocycles. The Labute approximate surface area is 94.6 Å². The van der Waals surface area contributed by atoms with Crippen LogP contribution in [0.4, 0.5) is 0 Å². The first-order chi connectivity index (χ1) is 7.38. The first-order valence-electron chi connectivity index (χ1n) is 4.33. The average molecular weight is 244 g/mol. The maximum absolute atomic E-state index is 8.49. The largest absolute Gasteiger partial charge is 0.222 e. The van der Waals surface area contributed by atoms with Crippen molar-refractivity contribution in [2.24, 2.45) is 7.05 Å². The Kier molecular flexibility index (Phi) is 4.17. The summed E-state index contributed by atoms with van der Waals surface area (Å²) in [6.45, 7) is 0. The van der Waals surface area contributed by atoms with Gasteiger partial charge in [-0.25, -0.2) is 23.2 Å². The number of fused-ring (bicyclic) bond motifs is 1. The Balaban J connectivity index is 0.000000221. The van der Waals surface area contributed by atoms with E-state index in [9.17, 15) is 0 Å². The number of aryl methyl sites for hydroxylation is 1. The number of rotatable bonds is 0. The summed E-state index contributed by atoms with van der Waals surface area (Å²) in [6, 6.07) is 12.5. The van der Waals surface area contributed by atoms with Crippen molar-refractivity contribution in [1.82, 2.24) is 0 Å². The highest BCUT2D eigenvalue weighted by Gasteiger charge is 1.99. The molecule has 5 nitrogen and oxygen atoms in total. The van der Waals surface area contributed by atoms with E-state index in [4.69, 9.17) is 18.6 Å². The summed E-state index contributed by atoms with van der Waals surface area (Å²) < 4.78 is 36.1. The number of hydrogen-bond donors (Lipinski definition) is 0. The Morgan fingerprint density at radius 3 is 2.00 bits per heavy atom. The molecule has 0 radical (unpaired) electrons. The number of benzene rings is 1. The molecule has 0 aliphatic rings. The van der Waals surface area contributed by atoms with Gasteiger partial charge in [0.1, 0.15) is 7.05 Å². The zero-order valence-corrected chi connectivity index (χ0v) is 9.26. The number of nitrogens with zero attached hydrogens (tertiary/aromatic N) is 1. The second-order valence-electron chi connectivity index (χ2n) is 3.06. The molecule has 0 N–H and O–H groups in total. The van der Waals surface area contributed by atoms with Crippen molar-refractivity contribution in [1.29, 1.82) is 0 Å². The van der Waals surface area contributed by atoms with Gasteiger partial charge >= 0.3 is 0 Å². The predicted octanol–water partition coefficient (Wildman–Crippen LogP) is -3.09. The van der Waals surface area contributed by atoms with Gasteiger partial charge in [-0.05, 0) is 12.1 Å². The molecule has 0 amide bonds. The average Bonchev–Trinajstić information content (AvgIpc) is 2.16. The van der Waals surface area contributed by atoms with Crippen molar-refractivity contribution < 1.29 is 33.4 Å². The lowest BCUT2D eigenvalue weighted by molar-refractivity contribution is -2.00. The van der Waals surface area contributed by atoms with Crippen LogP contribution in [0.15, 0.2) is 42.6 Å². The third-order valence-electron chi connectivity index (χ3n) is 1.90. The summed E-state index contributed by atoms with van der Waals surface area (Å²) in [5.41, 5.74) is 1.27. The predicted molar refractivity (Wildman–Crippen MR) is 45.1 cm³/mol.